The SMILES string of the molecule is N#CC1CCC(NC2CCCC2)CC1. The molecule has 0 aromatic rings. The van der Waals surface area contributed by atoms with E-state index in [0.29, 0.717) is 12.0 Å². The van der Waals surface area contributed by atoms with Gasteiger partial charge < -0.3 is 5.32 Å². The van der Waals surface area contributed by atoms with Gasteiger partial charge in [0.05, 0.1) is 6.07 Å². The minimum atomic E-state index is 0.344. The van der Waals surface area contributed by atoms with Gasteiger partial charge in [-0.25, -0.2) is 0 Å². The normalized spacial score (nSPS) is 34.2. The van der Waals surface area contributed by atoms with E-state index < -0.39 is 0 Å². The Hall–Kier alpha value is -0.550. The quantitative estimate of drug-likeness (QED) is 0.730. The van der Waals surface area contributed by atoms with Gasteiger partial charge in [0.15, 0.2) is 0 Å². The molecule has 2 fully saturated rings. The summed E-state index contributed by atoms with van der Waals surface area (Å²) in [6, 6.07) is 3.89. The van der Waals surface area contributed by atoms with Crippen LogP contribution in [0.4, 0.5) is 0 Å². The summed E-state index contributed by atoms with van der Waals surface area (Å²) in [4.78, 5) is 0. The van der Waals surface area contributed by atoms with Crippen molar-refractivity contribution < 1.29 is 0 Å². The number of hydrogen-bond donors (Lipinski definition) is 1. The lowest BCUT2D eigenvalue weighted by Gasteiger charge is -2.28. The Morgan fingerprint density at radius 1 is 0.857 bits per heavy atom. The average Bonchev–Trinajstić information content (AvgIpc) is 2.72. The van der Waals surface area contributed by atoms with Gasteiger partial charge in [0.1, 0.15) is 0 Å². The third kappa shape index (κ3) is 2.48. The van der Waals surface area contributed by atoms with Gasteiger partial charge in [0.25, 0.3) is 0 Å². The van der Waals surface area contributed by atoms with Crippen LogP contribution in [0.1, 0.15) is 51.4 Å². The van der Waals surface area contributed by atoms with Crippen LogP contribution in [0.25, 0.3) is 0 Å². The van der Waals surface area contributed by atoms with E-state index in [-0.39, 0.29) is 0 Å². The van der Waals surface area contributed by atoms with E-state index >= 15 is 0 Å². The first-order chi connectivity index (χ1) is 6.88. The molecule has 0 saturated heterocycles. The van der Waals surface area contributed by atoms with Gasteiger partial charge >= 0.3 is 0 Å². The fourth-order valence-electron chi connectivity index (χ4n) is 2.81. The molecule has 2 rings (SSSR count). The lowest BCUT2D eigenvalue weighted by molar-refractivity contribution is 0.306. The van der Waals surface area contributed by atoms with Crippen molar-refractivity contribution in [3.05, 3.63) is 0 Å². The number of rotatable bonds is 2. The molecule has 0 aromatic heterocycles. The maximum absolute atomic E-state index is 8.79. The van der Waals surface area contributed by atoms with Crippen LogP contribution in [0.15, 0.2) is 0 Å². The van der Waals surface area contributed by atoms with E-state index in [1.54, 1.807) is 0 Å². The van der Waals surface area contributed by atoms with Crippen molar-refractivity contribution in [3.8, 4) is 6.07 Å². The molecular formula is C12H20N2. The van der Waals surface area contributed by atoms with Crippen molar-refractivity contribution in [1.29, 1.82) is 5.26 Å². The molecule has 14 heavy (non-hydrogen) atoms. The van der Waals surface area contributed by atoms with Crippen molar-refractivity contribution in [2.45, 2.75) is 63.5 Å². The summed E-state index contributed by atoms with van der Waals surface area (Å²) in [5.41, 5.74) is 0. The summed E-state index contributed by atoms with van der Waals surface area (Å²) in [5, 5.41) is 12.5. The van der Waals surface area contributed by atoms with E-state index in [2.05, 4.69) is 11.4 Å². The molecule has 2 nitrogen and oxygen atoms in total. The second kappa shape index (κ2) is 4.79. The van der Waals surface area contributed by atoms with Gasteiger partial charge in [-0.05, 0) is 38.5 Å². The van der Waals surface area contributed by atoms with Crippen molar-refractivity contribution in [2.24, 2.45) is 5.92 Å². The Kier molecular flexibility index (Phi) is 3.42. The van der Waals surface area contributed by atoms with E-state index in [4.69, 9.17) is 5.26 Å². The van der Waals surface area contributed by atoms with Crippen LogP contribution >= 0.6 is 0 Å². The lowest BCUT2D eigenvalue weighted by atomic mass is 9.86. The van der Waals surface area contributed by atoms with Crippen molar-refractivity contribution in [1.82, 2.24) is 5.32 Å². The Morgan fingerprint density at radius 3 is 2.00 bits per heavy atom. The molecule has 0 atom stereocenters. The highest BCUT2D eigenvalue weighted by Gasteiger charge is 2.24. The summed E-state index contributed by atoms with van der Waals surface area (Å²) in [7, 11) is 0. The Morgan fingerprint density at radius 2 is 1.43 bits per heavy atom. The van der Waals surface area contributed by atoms with Gasteiger partial charge in [0, 0.05) is 18.0 Å². The summed E-state index contributed by atoms with van der Waals surface area (Å²) in [6.45, 7) is 0. The summed E-state index contributed by atoms with van der Waals surface area (Å²) >= 11 is 0. The van der Waals surface area contributed by atoms with E-state index in [1.165, 1.54) is 38.5 Å². The topological polar surface area (TPSA) is 35.8 Å². The molecule has 2 heteroatoms. The van der Waals surface area contributed by atoms with Crippen molar-refractivity contribution >= 4 is 0 Å². The van der Waals surface area contributed by atoms with Crippen LogP contribution in [-0.4, -0.2) is 12.1 Å². The predicted molar refractivity (Wildman–Crippen MR) is 56.8 cm³/mol. The highest BCUT2D eigenvalue weighted by atomic mass is 15.0. The van der Waals surface area contributed by atoms with Gasteiger partial charge in [-0.3, -0.25) is 0 Å². The standard InChI is InChI=1S/C12H20N2/c13-9-10-5-7-12(8-6-10)14-11-3-1-2-4-11/h10-12,14H,1-8H2. The first kappa shape index (κ1) is 9.98. The molecule has 0 unspecified atom stereocenters. The Bertz CT molecular complexity index is 205. The van der Waals surface area contributed by atoms with Gasteiger partial charge in [-0.2, -0.15) is 5.26 Å². The van der Waals surface area contributed by atoms with Crippen LogP contribution in [0.2, 0.25) is 0 Å². The molecule has 2 aliphatic rings. The van der Waals surface area contributed by atoms with Crippen LogP contribution in [0, 0.1) is 17.2 Å². The summed E-state index contributed by atoms with van der Waals surface area (Å²) in [5.74, 6) is 0.344. The molecular weight excluding hydrogens is 172 g/mol. The smallest absolute Gasteiger partial charge is 0.0655 e. The fraction of sp³-hybridized carbons (Fsp3) is 0.917. The summed E-state index contributed by atoms with van der Waals surface area (Å²) < 4.78 is 0. The second-order valence-electron chi connectivity index (χ2n) is 4.83. The highest BCUT2D eigenvalue weighted by Crippen LogP contribution is 2.26. The van der Waals surface area contributed by atoms with Crippen LogP contribution in [0.5, 0.6) is 0 Å². The zero-order valence-corrected chi connectivity index (χ0v) is 8.84. The highest BCUT2D eigenvalue weighted by molar-refractivity contribution is 4.90. The van der Waals surface area contributed by atoms with Crippen molar-refractivity contribution in [2.75, 3.05) is 0 Å². The van der Waals surface area contributed by atoms with Gasteiger partial charge in [-0.15, -0.1) is 0 Å². The molecule has 78 valence electrons. The number of nitrogens with one attached hydrogen (secondary N) is 1. The van der Waals surface area contributed by atoms with E-state index in [9.17, 15) is 0 Å². The van der Waals surface area contributed by atoms with Gasteiger partial charge in [-0.1, -0.05) is 12.8 Å². The first-order valence-corrected chi connectivity index (χ1v) is 6.04. The maximum atomic E-state index is 8.79. The Labute approximate surface area is 86.7 Å². The second-order valence-corrected chi connectivity index (χ2v) is 4.83. The molecule has 0 amide bonds. The van der Waals surface area contributed by atoms with Crippen molar-refractivity contribution in [3.63, 3.8) is 0 Å². The maximum Gasteiger partial charge on any atom is 0.0655 e. The minimum Gasteiger partial charge on any atom is -0.311 e. The predicted octanol–water partition coefficient (Wildman–Crippen LogP) is 2.60. The van der Waals surface area contributed by atoms with E-state index in [1.807, 2.05) is 0 Å². The lowest BCUT2D eigenvalue weighted by Crippen LogP contribution is -2.39. The first-order valence-electron chi connectivity index (χ1n) is 6.04. The number of nitriles is 1. The van der Waals surface area contributed by atoms with Crippen LogP contribution in [-0.2, 0) is 0 Å². The average molecular weight is 192 g/mol. The molecule has 1 N–H and O–H groups in total. The number of nitrogens with zero attached hydrogens (tertiary/aromatic N) is 1. The molecule has 0 bridgehead atoms. The molecule has 0 spiro atoms. The summed E-state index contributed by atoms with van der Waals surface area (Å²) in [6.07, 6.45) is 10.2. The molecule has 2 aliphatic carbocycles. The fourth-order valence-corrected chi connectivity index (χ4v) is 2.81. The van der Waals surface area contributed by atoms with E-state index in [0.717, 1.165) is 18.9 Å². The number of hydrogen-bond acceptors (Lipinski definition) is 2. The zero-order valence-electron chi connectivity index (χ0n) is 8.84. The monoisotopic (exact) mass is 192 g/mol. The largest absolute Gasteiger partial charge is 0.311 e. The minimum absolute atomic E-state index is 0.344. The molecule has 2 saturated carbocycles. The molecule has 0 aliphatic heterocycles. The zero-order chi connectivity index (χ0) is 9.80. The molecule has 0 heterocycles. The third-order valence-corrected chi connectivity index (χ3v) is 3.74. The third-order valence-electron chi connectivity index (χ3n) is 3.74. The molecule has 0 radical (unpaired) electrons. The van der Waals surface area contributed by atoms with Crippen LogP contribution < -0.4 is 5.32 Å². The van der Waals surface area contributed by atoms with Crippen LogP contribution in [0.3, 0.4) is 0 Å². The van der Waals surface area contributed by atoms with Gasteiger partial charge in [0.2, 0.25) is 0 Å². The molecule has 0 aromatic carbocycles. The Balaban J connectivity index is 1.70.